The molecule has 5 nitrogen and oxygen atoms in total. The summed E-state index contributed by atoms with van der Waals surface area (Å²) >= 11 is 1.66. The lowest BCUT2D eigenvalue weighted by atomic mass is 10.2. The highest BCUT2D eigenvalue weighted by Gasteiger charge is 2.15. The maximum atomic E-state index is 4.59. The van der Waals surface area contributed by atoms with E-state index in [2.05, 4.69) is 46.5 Å². The molecular formula is C15H19N5S. The Morgan fingerprint density at radius 2 is 1.95 bits per heavy atom. The number of fused-ring (bicyclic) bond motifs is 1. The summed E-state index contributed by atoms with van der Waals surface area (Å²) in [6.07, 6.45) is 0. The molecule has 0 bridgehead atoms. The summed E-state index contributed by atoms with van der Waals surface area (Å²) in [4.78, 5) is 10.1. The van der Waals surface area contributed by atoms with E-state index in [-0.39, 0.29) is 0 Å². The van der Waals surface area contributed by atoms with Crippen molar-refractivity contribution < 1.29 is 0 Å². The lowest BCUT2D eigenvalue weighted by Crippen LogP contribution is -2.01. The minimum Gasteiger partial charge on any atom is -0.337 e. The number of hydrogen-bond acceptors (Lipinski definition) is 5. The normalized spacial score (nSPS) is 11.3. The van der Waals surface area contributed by atoms with Gasteiger partial charge in [0, 0.05) is 6.54 Å². The summed E-state index contributed by atoms with van der Waals surface area (Å²) in [7, 11) is 0. The highest BCUT2D eigenvalue weighted by Crippen LogP contribution is 2.32. The Hall–Kier alpha value is -1.95. The molecule has 0 fully saturated rings. The van der Waals surface area contributed by atoms with Crippen LogP contribution in [0.3, 0.4) is 0 Å². The van der Waals surface area contributed by atoms with Crippen LogP contribution in [0.5, 0.6) is 0 Å². The molecule has 3 heterocycles. The first-order valence-corrected chi connectivity index (χ1v) is 7.92. The van der Waals surface area contributed by atoms with Gasteiger partial charge in [0.15, 0.2) is 0 Å². The van der Waals surface area contributed by atoms with Crippen molar-refractivity contribution in [1.29, 1.82) is 0 Å². The highest BCUT2D eigenvalue weighted by atomic mass is 32.1. The maximum absolute atomic E-state index is 4.59. The van der Waals surface area contributed by atoms with E-state index in [1.807, 2.05) is 18.5 Å². The Kier molecular flexibility index (Phi) is 3.41. The SMILES string of the molecule is CCn1nc(C)c(Nc2nc(C)nc3scc(C)c23)c1C. The molecule has 1 N–H and O–H groups in total. The standard InChI is InChI=1S/C15H19N5S/c1-6-20-10(4)13(9(3)19-20)18-14-12-8(2)7-21-15(12)17-11(5)16-14/h7H,6H2,1-5H3,(H,16,17,18). The zero-order valence-electron chi connectivity index (χ0n) is 13.0. The van der Waals surface area contributed by atoms with Gasteiger partial charge in [-0.3, -0.25) is 4.68 Å². The first-order valence-electron chi connectivity index (χ1n) is 7.04. The molecule has 0 atom stereocenters. The number of nitrogens with one attached hydrogen (secondary N) is 1. The molecule has 0 unspecified atom stereocenters. The van der Waals surface area contributed by atoms with Crippen LogP contribution < -0.4 is 5.32 Å². The minimum absolute atomic E-state index is 0.782. The van der Waals surface area contributed by atoms with E-state index in [1.54, 1.807) is 11.3 Å². The molecule has 0 aliphatic carbocycles. The molecule has 110 valence electrons. The average molecular weight is 301 g/mol. The number of nitrogens with zero attached hydrogens (tertiary/aromatic N) is 4. The van der Waals surface area contributed by atoms with Gasteiger partial charge in [-0.05, 0) is 45.6 Å². The Balaban J connectivity index is 2.14. The van der Waals surface area contributed by atoms with E-state index >= 15 is 0 Å². The van der Waals surface area contributed by atoms with Gasteiger partial charge in [0.25, 0.3) is 0 Å². The Bertz CT molecular complexity index is 815. The van der Waals surface area contributed by atoms with E-state index in [9.17, 15) is 0 Å². The Morgan fingerprint density at radius 1 is 1.19 bits per heavy atom. The van der Waals surface area contributed by atoms with Gasteiger partial charge in [-0.2, -0.15) is 5.10 Å². The van der Waals surface area contributed by atoms with E-state index in [1.165, 1.54) is 5.56 Å². The van der Waals surface area contributed by atoms with Crippen LogP contribution in [0.2, 0.25) is 0 Å². The molecule has 3 aromatic heterocycles. The Morgan fingerprint density at radius 3 is 2.62 bits per heavy atom. The number of aromatic nitrogens is 4. The van der Waals surface area contributed by atoms with Gasteiger partial charge in [0.2, 0.25) is 0 Å². The fourth-order valence-corrected chi connectivity index (χ4v) is 3.55. The predicted octanol–water partition coefficient (Wildman–Crippen LogP) is 3.88. The third-order valence-electron chi connectivity index (χ3n) is 3.65. The lowest BCUT2D eigenvalue weighted by Gasteiger charge is -2.09. The quantitative estimate of drug-likeness (QED) is 0.797. The van der Waals surface area contributed by atoms with Crippen LogP contribution in [0.1, 0.15) is 29.7 Å². The number of thiophene rings is 1. The highest BCUT2D eigenvalue weighted by molar-refractivity contribution is 7.17. The summed E-state index contributed by atoms with van der Waals surface area (Å²) < 4.78 is 2.00. The van der Waals surface area contributed by atoms with Crippen molar-refractivity contribution in [2.45, 2.75) is 41.2 Å². The average Bonchev–Trinajstić information content (AvgIpc) is 2.93. The maximum Gasteiger partial charge on any atom is 0.143 e. The van der Waals surface area contributed by atoms with Crippen molar-refractivity contribution in [2.24, 2.45) is 0 Å². The second-order valence-corrected chi connectivity index (χ2v) is 6.06. The number of hydrogen-bond donors (Lipinski definition) is 1. The van der Waals surface area contributed by atoms with Crippen molar-refractivity contribution in [2.75, 3.05) is 5.32 Å². The molecule has 6 heteroatoms. The van der Waals surface area contributed by atoms with Gasteiger partial charge in [0.1, 0.15) is 16.5 Å². The van der Waals surface area contributed by atoms with Gasteiger partial charge < -0.3 is 5.32 Å². The number of anilines is 2. The van der Waals surface area contributed by atoms with Crippen molar-refractivity contribution in [3.63, 3.8) is 0 Å². The van der Waals surface area contributed by atoms with Gasteiger partial charge in [-0.25, -0.2) is 9.97 Å². The first kappa shape index (κ1) is 14.0. The van der Waals surface area contributed by atoms with E-state index in [0.717, 1.165) is 45.5 Å². The molecular weight excluding hydrogens is 282 g/mol. The van der Waals surface area contributed by atoms with E-state index in [4.69, 9.17) is 0 Å². The Labute approximate surface area is 128 Å². The summed E-state index contributed by atoms with van der Waals surface area (Å²) in [5.74, 6) is 1.66. The van der Waals surface area contributed by atoms with Crippen LogP contribution in [-0.4, -0.2) is 19.7 Å². The van der Waals surface area contributed by atoms with E-state index in [0.29, 0.717) is 0 Å². The largest absolute Gasteiger partial charge is 0.337 e. The van der Waals surface area contributed by atoms with Gasteiger partial charge in [0.05, 0.1) is 22.5 Å². The molecule has 0 spiro atoms. The van der Waals surface area contributed by atoms with Gasteiger partial charge in [-0.1, -0.05) is 0 Å². The zero-order chi connectivity index (χ0) is 15.1. The monoisotopic (exact) mass is 301 g/mol. The first-order chi connectivity index (χ1) is 10.0. The minimum atomic E-state index is 0.782. The molecule has 0 radical (unpaired) electrons. The number of aryl methyl sites for hydroxylation is 4. The van der Waals surface area contributed by atoms with Gasteiger partial charge >= 0.3 is 0 Å². The smallest absolute Gasteiger partial charge is 0.143 e. The molecule has 0 saturated carbocycles. The van der Waals surface area contributed by atoms with Crippen molar-refractivity contribution in [3.05, 3.63) is 28.2 Å². The molecule has 3 aromatic rings. The summed E-state index contributed by atoms with van der Waals surface area (Å²) in [6.45, 7) is 11.1. The summed E-state index contributed by atoms with van der Waals surface area (Å²) in [6, 6.07) is 0. The molecule has 21 heavy (non-hydrogen) atoms. The summed E-state index contributed by atoms with van der Waals surface area (Å²) in [5, 5.41) is 11.3. The van der Waals surface area contributed by atoms with Crippen molar-refractivity contribution in [1.82, 2.24) is 19.7 Å². The van der Waals surface area contributed by atoms with Gasteiger partial charge in [-0.15, -0.1) is 11.3 Å². The summed E-state index contributed by atoms with van der Waals surface area (Å²) in [5.41, 5.74) is 4.37. The fourth-order valence-electron chi connectivity index (χ4n) is 2.59. The van der Waals surface area contributed by atoms with Crippen LogP contribution in [-0.2, 0) is 6.54 Å². The van der Waals surface area contributed by atoms with Crippen molar-refractivity contribution >= 4 is 33.1 Å². The van der Waals surface area contributed by atoms with Crippen LogP contribution >= 0.6 is 11.3 Å². The lowest BCUT2D eigenvalue weighted by molar-refractivity contribution is 0.634. The zero-order valence-corrected chi connectivity index (χ0v) is 13.8. The molecule has 0 saturated heterocycles. The van der Waals surface area contributed by atoms with Crippen LogP contribution in [0.15, 0.2) is 5.38 Å². The third-order valence-corrected chi connectivity index (χ3v) is 4.64. The molecule has 0 aliphatic heterocycles. The van der Waals surface area contributed by atoms with Crippen LogP contribution in [0.4, 0.5) is 11.5 Å². The molecule has 3 rings (SSSR count). The third kappa shape index (κ3) is 2.29. The van der Waals surface area contributed by atoms with Crippen molar-refractivity contribution in [3.8, 4) is 0 Å². The van der Waals surface area contributed by atoms with Crippen LogP contribution in [0, 0.1) is 27.7 Å². The fraction of sp³-hybridized carbons (Fsp3) is 0.400. The van der Waals surface area contributed by atoms with E-state index < -0.39 is 0 Å². The second kappa shape index (κ2) is 5.11. The van der Waals surface area contributed by atoms with Crippen LogP contribution in [0.25, 0.3) is 10.2 Å². The predicted molar refractivity (Wildman–Crippen MR) is 87.5 cm³/mol. The second-order valence-electron chi connectivity index (χ2n) is 5.20. The molecule has 0 aromatic carbocycles. The number of rotatable bonds is 3. The molecule has 0 aliphatic rings. The molecule has 0 amide bonds. The topological polar surface area (TPSA) is 55.6 Å².